The van der Waals surface area contributed by atoms with Crippen LogP contribution in [-0.2, 0) is 4.79 Å². The molecule has 1 aromatic heterocycles. The number of carboxylic acids is 1. The predicted molar refractivity (Wildman–Crippen MR) is 88.1 cm³/mol. The largest absolute Gasteiger partial charge is 0.573 e. The monoisotopic (exact) mass is 389 g/mol. The molecule has 0 atom stereocenters. The van der Waals surface area contributed by atoms with Crippen molar-refractivity contribution in [1.29, 1.82) is 0 Å². The van der Waals surface area contributed by atoms with Crippen LogP contribution in [0.15, 0.2) is 40.8 Å². The summed E-state index contributed by atoms with van der Waals surface area (Å²) in [5.41, 5.74) is 0.0564. The molecule has 26 heavy (non-hydrogen) atoms. The summed E-state index contributed by atoms with van der Waals surface area (Å²) in [6.45, 7) is 0.223. The van der Waals surface area contributed by atoms with E-state index in [0.29, 0.717) is 5.75 Å². The smallest absolute Gasteiger partial charge is 0.481 e. The fraction of sp³-hybridized carbons (Fsp3) is 0.250. The molecule has 0 spiro atoms. The molecule has 1 heterocycles. The Balaban J connectivity index is 2.01. The fourth-order valence-electron chi connectivity index (χ4n) is 1.97. The zero-order chi connectivity index (χ0) is 19.2. The van der Waals surface area contributed by atoms with Gasteiger partial charge in [-0.3, -0.25) is 9.59 Å². The van der Waals surface area contributed by atoms with E-state index in [1.165, 1.54) is 30.3 Å². The van der Waals surface area contributed by atoms with E-state index in [-0.39, 0.29) is 29.4 Å². The third-order valence-corrected chi connectivity index (χ3v) is 3.91. The molecule has 1 aromatic carbocycles. The zero-order valence-electron chi connectivity index (χ0n) is 13.2. The Morgan fingerprint density at radius 1 is 1.19 bits per heavy atom. The number of ether oxygens (including phenoxy) is 1. The number of thioether (sulfide) groups is 1. The number of alkyl halides is 3. The first-order chi connectivity index (χ1) is 12.3. The highest BCUT2D eigenvalue weighted by Crippen LogP contribution is 2.34. The van der Waals surface area contributed by atoms with Crippen LogP contribution in [0.1, 0.15) is 10.6 Å². The fourth-order valence-corrected chi connectivity index (χ4v) is 2.54. The Hall–Kier alpha value is -2.62. The van der Waals surface area contributed by atoms with Gasteiger partial charge in [-0.25, -0.2) is 0 Å². The van der Waals surface area contributed by atoms with Gasteiger partial charge in [0.25, 0.3) is 5.91 Å². The average molecular weight is 389 g/mol. The minimum Gasteiger partial charge on any atom is -0.481 e. The molecule has 1 amide bonds. The second-order valence-electron chi connectivity index (χ2n) is 4.91. The van der Waals surface area contributed by atoms with Crippen LogP contribution < -0.4 is 10.1 Å². The summed E-state index contributed by atoms with van der Waals surface area (Å²) < 4.78 is 46.7. The van der Waals surface area contributed by atoms with Gasteiger partial charge >= 0.3 is 12.3 Å². The number of carbonyl (C=O) groups is 2. The number of aliphatic carboxylic acids is 1. The van der Waals surface area contributed by atoms with Gasteiger partial charge in [0.15, 0.2) is 5.76 Å². The number of carboxylic acid groups (broad SMARTS) is 1. The van der Waals surface area contributed by atoms with Gasteiger partial charge in [0, 0.05) is 12.3 Å². The normalized spacial score (nSPS) is 11.2. The van der Waals surface area contributed by atoms with Gasteiger partial charge in [0.2, 0.25) is 0 Å². The van der Waals surface area contributed by atoms with Crippen LogP contribution in [0, 0.1) is 0 Å². The van der Waals surface area contributed by atoms with Crippen LogP contribution in [0.3, 0.4) is 0 Å². The van der Waals surface area contributed by atoms with E-state index in [4.69, 9.17) is 9.52 Å². The Bertz CT molecular complexity index is 775. The number of carbonyl (C=O) groups excluding carboxylic acids is 1. The van der Waals surface area contributed by atoms with E-state index in [1.807, 2.05) is 0 Å². The number of rotatable bonds is 8. The van der Waals surface area contributed by atoms with Gasteiger partial charge in [-0.2, -0.15) is 0 Å². The van der Waals surface area contributed by atoms with Crippen molar-refractivity contribution in [1.82, 2.24) is 5.32 Å². The van der Waals surface area contributed by atoms with Gasteiger partial charge in [0.1, 0.15) is 11.5 Å². The van der Waals surface area contributed by atoms with E-state index in [2.05, 4.69) is 10.1 Å². The molecule has 0 fully saturated rings. The highest BCUT2D eigenvalue weighted by atomic mass is 32.2. The summed E-state index contributed by atoms with van der Waals surface area (Å²) in [4.78, 5) is 22.3. The lowest BCUT2D eigenvalue weighted by Crippen LogP contribution is -2.25. The van der Waals surface area contributed by atoms with E-state index < -0.39 is 24.0 Å². The molecule has 0 saturated carbocycles. The highest BCUT2D eigenvalue weighted by Gasteiger charge is 2.32. The summed E-state index contributed by atoms with van der Waals surface area (Å²) in [6.07, 6.45) is -4.85. The van der Waals surface area contributed by atoms with E-state index in [0.717, 1.165) is 17.8 Å². The molecular weight excluding hydrogens is 375 g/mol. The average Bonchev–Trinajstić information content (AvgIpc) is 3.03. The Morgan fingerprint density at radius 2 is 1.92 bits per heavy atom. The Kier molecular flexibility index (Phi) is 6.56. The lowest BCUT2D eigenvalue weighted by atomic mass is 10.1. The number of halogens is 3. The van der Waals surface area contributed by atoms with Gasteiger partial charge < -0.3 is 19.6 Å². The third-order valence-electron chi connectivity index (χ3n) is 2.97. The minimum absolute atomic E-state index is 0.0512. The van der Waals surface area contributed by atoms with Crippen LogP contribution in [0.4, 0.5) is 13.2 Å². The van der Waals surface area contributed by atoms with E-state index >= 15 is 0 Å². The van der Waals surface area contributed by atoms with Crippen molar-refractivity contribution in [3.8, 4) is 17.1 Å². The molecule has 10 heteroatoms. The first kappa shape index (κ1) is 19.7. The molecule has 2 rings (SSSR count). The van der Waals surface area contributed by atoms with Crippen molar-refractivity contribution in [3.63, 3.8) is 0 Å². The first-order valence-electron chi connectivity index (χ1n) is 7.29. The predicted octanol–water partition coefficient (Wildman–Crippen LogP) is 3.39. The SMILES string of the molecule is O=C(O)CSCCNC(=O)c1ccc(-c2ccccc2OC(F)(F)F)o1. The lowest BCUT2D eigenvalue weighted by Gasteiger charge is -2.11. The van der Waals surface area contributed by atoms with Crippen LogP contribution in [0.2, 0.25) is 0 Å². The summed E-state index contributed by atoms with van der Waals surface area (Å²) in [6, 6.07) is 8.12. The van der Waals surface area contributed by atoms with Crippen LogP contribution in [0.25, 0.3) is 11.3 Å². The zero-order valence-corrected chi connectivity index (χ0v) is 14.0. The molecule has 140 valence electrons. The minimum atomic E-state index is -4.85. The molecule has 0 aliphatic rings. The van der Waals surface area contributed by atoms with Gasteiger partial charge in [-0.15, -0.1) is 24.9 Å². The third kappa shape index (κ3) is 6.03. The summed E-state index contributed by atoms with van der Waals surface area (Å²) in [5, 5.41) is 11.0. The second-order valence-corrected chi connectivity index (χ2v) is 6.02. The van der Waals surface area contributed by atoms with E-state index in [1.54, 1.807) is 0 Å². The first-order valence-corrected chi connectivity index (χ1v) is 8.44. The standard InChI is InChI=1S/C16H14F3NO5S/c17-16(18,19)25-12-4-2-1-3-10(12)11-5-6-13(24-11)15(23)20-7-8-26-9-14(21)22/h1-6H,7-9H2,(H,20,23)(H,21,22). The molecule has 0 aliphatic heterocycles. The second kappa shape index (κ2) is 8.65. The van der Waals surface area contributed by atoms with Crippen molar-refractivity contribution >= 4 is 23.6 Å². The van der Waals surface area contributed by atoms with E-state index in [9.17, 15) is 22.8 Å². The Morgan fingerprint density at radius 3 is 2.62 bits per heavy atom. The molecule has 0 aliphatic carbocycles. The topological polar surface area (TPSA) is 88.8 Å². The molecule has 2 aromatic rings. The van der Waals surface area contributed by atoms with Gasteiger partial charge in [-0.05, 0) is 24.3 Å². The van der Waals surface area contributed by atoms with Crippen LogP contribution in [-0.4, -0.2) is 41.4 Å². The summed E-state index contributed by atoms with van der Waals surface area (Å²) in [5.74, 6) is -1.64. The summed E-state index contributed by atoms with van der Waals surface area (Å²) >= 11 is 1.14. The molecule has 2 N–H and O–H groups in total. The molecule has 0 saturated heterocycles. The number of para-hydroxylation sites is 1. The van der Waals surface area contributed by atoms with Crippen molar-refractivity contribution in [2.24, 2.45) is 0 Å². The maximum atomic E-state index is 12.5. The number of hydrogen-bond acceptors (Lipinski definition) is 5. The molecule has 0 unspecified atom stereocenters. The Labute approximate surface area is 150 Å². The van der Waals surface area contributed by atoms with Crippen molar-refractivity contribution < 1.29 is 37.0 Å². The molecule has 6 nitrogen and oxygen atoms in total. The maximum absolute atomic E-state index is 12.5. The quantitative estimate of drug-likeness (QED) is 0.673. The lowest BCUT2D eigenvalue weighted by molar-refractivity contribution is -0.274. The van der Waals surface area contributed by atoms with Gasteiger partial charge in [-0.1, -0.05) is 12.1 Å². The number of hydrogen-bond donors (Lipinski definition) is 2. The van der Waals surface area contributed by atoms with Crippen molar-refractivity contribution in [2.75, 3.05) is 18.1 Å². The highest BCUT2D eigenvalue weighted by molar-refractivity contribution is 7.99. The molecule has 0 radical (unpaired) electrons. The van der Waals surface area contributed by atoms with Crippen LogP contribution >= 0.6 is 11.8 Å². The number of benzene rings is 1. The number of amides is 1. The number of nitrogens with one attached hydrogen (secondary N) is 1. The number of furan rings is 1. The maximum Gasteiger partial charge on any atom is 0.573 e. The van der Waals surface area contributed by atoms with Crippen molar-refractivity contribution in [2.45, 2.75) is 6.36 Å². The van der Waals surface area contributed by atoms with Crippen molar-refractivity contribution in [3.05, 3.63) is 42.2 Å². The summed E-state index contributed by atoms with van der Waals surface area (Å²) in [7, 11) is 0. The molecule has 0 bridgehead atoms. The van der Waals surface area contributed by atoms with Gasteiger partial charge in [0.05, 0.1) is 11.3 Å². The van der Waals surface area contributed by atoms with Crippen LogP contribution in [0.5, 0.6) is 5.75 Å². The molecular formula is C16H14F3NO5S.